The van der Waals surface area contributed by atoms with Gasteiger partial charge in [-0.25, -0.2) is 9.97 Å². The van der Waals surface area contributed by atoms with E-state index in [2.05, 4.69) is 70.8 Å². The van der Waals surface area contributed by atoms with Crippen molar-refractivity contribution >= 4 is 52.5 Å². The molecule has 0 amide bonds. The number of nitrogens with one attached hydrogen (secondary N) is 2. The molecule has 1 aliphatic heterocycles. The van der Waals surface area contributed by atoms with E-state index < -0.39 is 0 Å². The van der Waals surface area contributed by atoms with Gasteiger partial charge in [-0.05, 0) is 12.1 Å². The number of hydrogen-bond donors (Lipinski definition) is 2. The lowest BCUT2D eigenvalue weighted by atomic mass is 10.2. The number of nitrogens with zero attached hydrogens (tertiary/aromatic N) is 7. The molecule has 0 atom stereocenters. The summed E-state index contributed by atoms with van der Waals surface area (Å²) in [6.45, 7) is 5.35. The minimum absolute atomic E-state index is 0. The molecule has 160 valence electrons. The minimum atomic E-state index is 0. The van der Waals surface area contributed by atoms with Crippen LogP contribution < -0.4 is 15.5 Å². The van der Waals surface area contributed by atoms with Gasteiger partial charge in [-0.1, -0.05) is 18.2 Å². The number of hydrogen-bond acceptors (Lipinski definition) is 6. The van der Waals surface area contributed by atoms with Gasteiger partial charge in [0.05, 0.1) is 11.6 Å². The van der Waals surface area contributed by atoms with Gasteiger partial charge in [-0.2, -0.15) is 5.10 Å². The molecule has 2 N–H and O–H groups in total. The van der Waals surface area contributed by atoms with Crippen LogP contribution in [0.3, 0.4) is 0 Å². The van der Waals surface area contributed by atoms with E-state index in [0.717, 1.165) is 62.1 Å². The van der Waals surface area contributed by atoms with Crippen LogP contribution in [0.1, 0.15) is 0 Å². The molecule has 0 spiro atoms. The van der Waals surface area contributed by atoms with E-state index in [1.165, 1.54) is 5.69 Å². The number of rotatable bonds is 5. The number of aliphatic imine (C=N–C) groups is 1. The van der Waals surface area contributed by atoms with Crippen molar-refractivity contribution in [2.24, 2.45) is 12.0 Å². The van der Waals surface area contributed by atoms with Gasteiger partial charge in [-0.3, -0.25) is 9.67 Å². The van der Waals surface area contributed by atoms with Gasteiger partial charge < -0.3 is 20.4 Å². The normalized spacial score (nSPS) is 14.5. The van der Waals surface area contributed by atoms with Crippen LogP contribution in [0, 0.1) is 0 Å². The average Bonchev–Trinajstić information content (AvgIpc) is 3.16. The third-order valence-electron chi connectivity index (χ3n) is 5.14. The highest BCUT2D eigenvalue weighted by atomic mass is 127. The zero-order chi connectivity index (χ0) is 20.1. The van der Waals surface area contributed by atoms with Gasteiger partial charge in [0.15, 0.2) is 11.6 Å². The molecule has 9 nitrogen and oxygen atoms in total. The van der Waals surface area contributed by atoms with Crippen LogP contribution in [0.15, 0.2) is 47.8 Å². The summed E-state index contributed by atoms with van der Waals surface area (Å²) in [6.07, 6.45) is 3.35. The Hall–Kier alpha value is -2.63. The summed E-state index contributed by atoms with van der Waals surface area (Å²) in [4.78, 5) is 17.8. The second kappa shape index (κ2) is 10.4. The van der Waals surface area contributed by atoms with Crippen LogP contribution in [0.25, 0.3) is 11.0 Å². The quantitative estimate of drug-likeness (QED) is 0.229. The molecule has 1 saturated heterocycles. The highest BCUT2D eigenvalue weighted by Crippen LogP contribution is 2.17. The Morgan fingerprint density at radius 2 is 1.83 bits per heavy atom. The number of halogens is 1. The molecule has 0 unspecified atom stereocenters. The van der Waals surface area contributed by atoms with E-state index in [4.69, 9.17) is 0 Å². The first-order chi connectivity index (χ1) is 14.3. The Balaban J connectivity index is 0.00000256. The fourth-order valence-electron chi connectivity index (χ4n) is 3.61. The van der Waals surface area contributed by atoms with Crippen molar-refractivity contribution in [3.63, 3.8) is 0 Å². The van der Waals surface area contributed by atoms with E-state index in [1.807, 2.05) is 14.1 Å². The average molecular weight is 521 g/mol. The van der Waals surface area contributed by atoms with Crippen LogP contribution in [-0.4, -0.2) is 76.9 Å². The molecule has 10 heteroatoms. The highest BCUT2D eigenvalue weighted by molar-refractivity contribution is 14.0. The summed E-state index contributed by atoms with van der Waals surface area (Å²) in [5.74, 6) is 1.74. The lowest BCUT2D eigenvalue weighted by Crippen LogP contribution is -2.53. The second-order valence-electron chi connectivity index (χ2n) is 6.94. The Labute approximate surface area is 193 Å². The molecule has 1 fully saturated rings. The number of fused-ring (bicyclic) bond motifs is 1. The van der Waals surface area contributed by atoms with Gasteiger partial charge in [0.1, 0.15) is 12.1 Å². The Bertz CT molecular complexity index is 965. The van der Waals surface area contributed by atoms with Crippen molar-refractivity contribution < 1.29 is 0 Å². The summed E-state index contributed by atoms with van der Waals surface area (Å²) in [5.41, 5.74) is 2.11. The first-order valence-corrected chi connectivity index (χ1v) is 9.88. The molecule has 1 aromatic carbocycles. The summed E-state index contributed by atoms with van der Waals surface area (Å²) in [7, 11) is 3.71. The third-order valence-corrected chi connectivity index (χ3v) is 5.14. The zero-order valence-corrected chi connectivity index (χ0v) is 19.7. The summed E-state index contributed by atoms with van der Waals surface area (Å²) < 4.78 is 1.75. The first kappa shape index (κ1) is 22.1. The number of anilines is 2. The van der Waals surface area contributed by atoms with E-state index in [-0.39, 0.29) is 24.0 Å². The van der Waals surface area contributed by atoms with Crippen molar-refractivity contribution in [2.45, 2.75) is 0 Å². The van der Waals surface area contributed by atoms with Crippen molar-refractivity contribution in [3.8, 4) is 0 Å². The molecular formula is C20H28IN9. The monoisotopic (exact) mass is 521 g/mol. The number of aryl methyl sites for hydroxylation is 1. The zero-order valence-electron chi connectivity index (χ0n) is 17.3. The van der Waals surface area contributed by atoms with Crippen molar-refractivity contribution in [3.05, 3.63) is 42.9 Å². The summed E-state index contributed by atoms with van der Waals surface area (Å²) in [5, 5.41) is 12.0. The molecule has 0 radical (unpaired) electrons. The number of guanidine groups is 1. The molecule has 0 aliphatic carbocycles. The van der Waals surface area contributed by atoms with Gasteiger partial charge in [0.25, 0.3) is 0 Å². The molecule has 1 aliphatic rings. The van der Waals surface area contributed by atoms with Crippen LogP contribution in [0.2, 0.25) is 0 Å². The van der Waals surface area contributed by atoms with Crippen LogP contribution in [0.5, 0.6) is 0 Å². The van der Waals surface area contributed by atoms with Gasteiger partial charge in [0.2, 0.25) is 0 Å². The van der Waals surface area contributed by atoms with E-state index in [9.17, 15) is 0 Å². The SMILES string of the molecule is CN=C(NCCNc1ncnc2c1cnn2C)N1CCN(c2ccccc2)CC1.I. The number of piperazine rings is 1. The Kier molecular flexibility index (Phi) is 7.66. The number of para-hydroxylation sites is 1. The minimum Gasteiger partial charge on any atom is -0.368 e. The Morgan fingerprint density at radius 1 is 1.07 bits per heavy atom. The number of aromatic nitrogens is 4. The van der Waals surface area contributed by atoms with Crippen LogP contribution in [-0.2, 0) is 7.05 Å². The van der Waals surface area contributed by atoms with Crippen molar-refractivity contribution in [1.29, 1.82) is 0 Å². The largest absolute Gasteiger partial charge is 0.368 e. The van der Waals surface area contributed by atoms with Gasteiger partial charge >= 0.3 is 0 Å². The summed E-state index contributed by atoms with van der Waals surface area (Å²) >= 11 is 0. The van der Waals surface area contributed by atoms with E-state index in [0.29, 0.717) is 0 Å². The van der Waals surface area contributed by atoms with Crippen LogP contribution >= 0.6 is 24.0 Å². The molecule has 0 saturated carbocycles. The maximum Gasteiger partial charge on any atom is 0.193 e. The highest BCUT2D eigenvalue weighted by Gasteiger charge is 2.19. The first-order valence-electron chi connectivity index (χ1n) is 9.88. The molecule has 30 heavy (non-hydrogen) atoms. The second-order valence-corrected chi connectivity index (χ2v) is 6.94. The number of benzene rings is 1. The van der Waals surface area contributed by atoms with Gasteiger partial charge in [-0.15, -0.1) is 24.0 Å². The van der Waals surface area contributed by atoms with E-state index in [1.54, 1.807) is 17.2 Å². The maximum absolute atomic E-state index is 4.45. The fraction of sp³-hybridized carbons (Fsp3) is 0.400. The molecule has 3 heterocycles. The molecular weight excluding hydrogens is 493 g/mol. The molecule has 4 rings (SSSR count). The van der Waals surface area contributed by atoms with Crippen molar-refractivity contribution in [1.82, 2.24) is 30.0 Å². The molecule has 3 aromatic rings. The van der Waals surface area contributed by atoms with Crippen LogP contribution in [0.4, 0.5) is 11.5 Å². The topological polar surface area (TPSA) is 86.5 Å². The molecule has 2 aromatic heterocycles. The third kappa shape index (κ3) is 4.91. The standard InChI is InChI=1S/C20H27N9.HI/c1-21-20(29-12-10-28(11-13-29)16-6-4-3-5-7-16)23-9-8-22-18-17-14-26-27(2)19(17)25-15-24-18;/h3-7,14-15H,8-13H2,1-2H3,(H,21,23)(H,22,24,25);1H. The molecule has 0 bridgehead atoms. The maximum atomic E-state index is 4.45. The summed E-state index contributed by atoms with van der Waals surface area (Å²) in [6, 6.07) is 10.6. The predicted octanol–water partition coefficient (Wildman–Crippen LogP) is 1.79. The lowest BCUT2D eigenvalue weighted by molar-refractivity contribution is 0.373. The predicted molar refractivity (Wildman–Crippen MR) is 132 cm³/mol. The smallest absolute Gasteiger partial charge is 0.193 e. The Morgan fingerprint density at radius 3 is 2.57 bits per heavy atom. The van der Waals surface area contributed by atoms with Gasteiger partial charge in [0, 0.05) is 59.1 Å². The lowest BCUT2D eigenvalue weighted by Gasteiger charge is -2.37. The van der Waals surface area contributed by atoms with E-state index >= 15 is 0 Å². The fourth-order valence-corrected chi connectivity index (χ4v) is 3.61. The van der Waals surface area contributed by atoms with Crippen molar-refractivity contribution in [2.75, 3.05) is 56.5 Å².